The topological polar surface area (TPSA) is 110 Å². The molecule has 1 aliphatic rings. The van der Waals surface area contributed by atoms with E-state index in [1.807, 2.05) is 19.9 Å². The zero-order chi connectivity index (χ0) is 23.8. The number of nitro groups is 1. The average molecular weight is 440 g/mol. The third kappa shape index (κ3) is 5.32. The molecule has 0 aromatic heterocycles. The summed E-state index contributed by atoms with van der Waals surface area (Å²) in [5, 5.41) is 21.4. The van der Waals surface area contributed by atoms with Crippen LogP contribution < -0.4 is 0 Å². The van der Waals surface area contributed by atoms with E-state index in [4.69, 9.17) is 4.74 Å². The summed E-state index contributed by atoms with van der Waals surface area (Å²) in [4.78, 5) is 38.0. The van der Waals surface area contributed by atoms with E-state index < -0.39 is 22.8 Å². The van der Waals surface area contributed by atoms with Gasteiger partial charge in [0.1, 0.15) is 6.61 Å². The lowest BCUT2D eigenvalue weighted by atomic mass is 9.79. The summed E-state index contributed by atoms with van der Waals surface area (Å²) in [6.07, 6.45) is 7.77. The highest BCUT2D eigenvalue weighted by Crippen LogP contribution is 2.43. The van der Waals surface area contributed by atoms with E-state index in [-0.39, 0.29) is 23.4 Å². The number of carboxylic acids is 1. The van der Waals surface area contributed by atoms with Gasteiger partial charge in [-0.2, -0.15) is 0 Å². The highest BCUT2D eigenvalue weighted by Gasteiger charge is 2.40. The van der Waals surface area contributed by atoms with E-state index >= 15 is 0 Å². The number of carbonyl (C=O) groups excluding carboxylic acids is 1. The monoisotopic (exact) mass is 440 g/mol. The van der Waals surface area contributed by atoms with Gasteiger partial charge in [0.15, 0.2) is 0 Å². The number of hydrogen-bond acceptors (Lipinski definition) is 6. The molecular formula is C24H28N2O6. The van der Waals surface area contributed by atoms with Crippen LogP contribution in [-0.2, 0) is 14.3 Å². The Morgan fingerprint density at radius 1 is 1.22 bits per heavy atom. The zero-order valence-corrected chi connectivity index (χ0v) is 18.7. The third-order valence-electron chi connectivity index (χ3n) is 5.23. The molecule has 8 heteroatoms. The quantitative estimate of drug-likeness (QED) is 0.256. The second-order valence-electron chi connectivity index (χ2n) is 7.29. The van der Waals surface area contributed by atoms with Gasteiger partial charge < -0.3 is 14.7 Å². The molecule has 32 heavy (non-hydrogen) atoms. The minimum Gasteiger partial charge on any atom is -0.478 e. The van der Waals surface area contributed by atoms with Crippen LogP contribution in [0.1, 0.15) is 45.6 Å². The number of hydrogen-bond donors (Lipinski definition) is 1. The Kier molecular flexibility index (Phi) is 8.52. The summed E-state index contributed by atoms with van der Waals surface area (Å²) in [5.41, 5.74) is 1.41. The number of benzene rings is 1. The zero-order valence-electron chi connectivity index (χ0n) is 18.7. The predicted octanol–water partition coefficient (Wildman–Crippen LogP) is 4.71. The van der Waals surface area contributed by atoms with Gasteiger partial charge >= 0.3 is 11.9 Å². The van der Waals surface area contributed by atoms with Crippen molar-refractivity contribution in [1.29, 1.82) is 0 Å². The number of nitrogens with zero attached hydrogens (tertiary/aromatic N) is 2. The number of rotatable bonds is 9. The number of carbonyl (C=O) groups is 2. The van der Waals surface area contributed by atoms with Crippen molar-refractivity contribution in [2.24, 2.45) is 0 Å². The fourth-order valence-corrected chi connectivity index (χ4v) is 3.81. The lowest BCUT2D eigenvalue weighted by Gasteiger charge is -2.37. The maximum absolute atomic E-state index is 13.2. The maximum atomic E-state index is 13.2. The normalized spacial score (nSPS) is 16.9. The van der Waals surface area contributed by atoms with Gasteiger partial charge in [0.2, 0.25) is 0 Å². The fourth-order valence-electron chi connectivity index (χ4n) is 3.81. The van der Waals surface area contributed by atoms with Crippen molar-refractivity contribution in [3.63, 3.8) is 0 Å². The largest absolute Gasteiger partial charge is 0.478 e. The van der Waals surface area contributed by atoms with E-state index in [9.17, 15) is 24.8 Å². The van der Waals surface area contributed by atoms with Crippen LogP contribution in [0.4, 0.5) is 5.69 Å². The molecule has 1 atom stereocenters. The average Bonchev–Trinajstić information content (AvgIpc) is 2.75. The molecule has 0 amide bonds. The van der Waals surface area contributed by atoms with Crippen molar-refractivity contribution in [3.8, 4) is 0 Å². The molecule has 8 nitrogen and oxygen atoms in total. The first kappa shape index (κ1) is 24.6. The minimum atomic E-state index is -1.19. The van der Waals surface area contributed by atoms with E-state index in [2.05, 4.69) is 0 Å². The van der Waals surface area contributed by atoms with Crippen molar-refractivity contribution in [1.82, 2.24) is 4.90 Å². The molecular weight excluding hydrogens is 412 g/mol. The first-order valence-corrected chi connectivity index (χ1v) is 10.4. The molecule has 1 aromatic carbocycles. The van der Waals surface area contributed by atoms with Crippen LogP contribution >= 0.6 is 0 Å². The third-order valence-corrected chi connectivity index (χ3v) is 5.23. The van der Waals surface area contributed by atoms with Crippen molar-refractivity contribution in [2.75, 3.05) is 13.2 Å². The Morgan fingerprint density at radius 2 is 1.91 bits per heavy atom. The van der Waals surface area contributed by atoms with Gasteiger partial charge in [-0.1, -0.05) is 37.3 Å². The van der Waals surface area contributed by atoms with E-state index in [0.717, 1.165) is 6.42 Å². The summed E-state index contributed by atoms with van der Waals surface area (Å²) >= 11 is 0. The predicted molar refractivity (Wildman–Crippen MR) is 121 cm³/mol. The Morgan fingerprint density at radius 3 is 2.50 bits per heavy atom. The van der Waals surface area contributed by atoms with Crippen LogP contribution in [0.2, 0.25) is 0 Å². The summed E-state index contributed by atoms with van der Waals surface area (Å²) in [6, 6.07) is 5.71. The Hall–Kier alpha value is -3.68. The first-order chi connectivity index (χ1) is 15.2. The van der Waals surface area contributed by atoms with E-state index in [1.54, 1.807) is 43.0 Å². The second kappa shape index (κ2) is 11.1. The summed E-state index contributed by atoms with van der Waals surface area (Å²) in [5.74, 6) is -2.84. The smallest absolute Gasteiger partial charge is 0.337 e. The van der Waals surface area contributed by atoms with Gasteiger partial charge in [0.05, 0.1) is 22.0 Å². The molecule has 0 fully saturated rings. The molecule has 1 heterocycles. The van der Waals surface area contributed by atoms with Gasteiger partial charge in [0.25, 0.3) is 5.69 Å². The van der Waals surface area contributed by atoms with E-state index in [1.165, 1.54) is 18.2 Å². The van der Waals surface area contributed by atoms with Gasteiger partial charge in [-0.05, 0) is 38.8 Å². The highest BCUT2D eigenvalue weighted by atomic mass is 16.6. The van der Waals surface area contributed by atoms with Gasteiger partial charge in [-0.15, -0.1) is 0 Å². The van der Waals surface area contributed by atoms with Crippen molar-refractivity contribution in [3.05, 3.63) is 86.8 Å². The number of aliphatic carboxylic acids is 1. The first-order valence-electron chi connectivity index (χ1n) is 10.4. The van der Waals surface area contributed by atoms with E-state index in [0.29, 0.717) is 23.5 Å². The van der Waals surface area contributed by atoms with Crippen molar-refractivity contribution in [2.45, 2.75) is 40.0 Å². The molecule has 2 rings (SSSR count). The maximum Gasteiger partial charge on any atom is 0.337 e. The lowest BCUT2D eigenvalue weighted by Crippen LogP contribution is -2.35. The van der Waals surface area contributed by atoms with Crippen LogP contribution in [0.5, 0.6) is 0 Å². The molecule has 0 bridgehead atoms. The van der Waals surface area contributed by atoms with Gasteiger partial charge in [-0.25, -0.2) is 9.59 Å². The second-order valence-corrected chi connectivity index (χ2v) is 7.29. The standard InChI is InChI=1S/C24H28N2O6/c1-5-7-8-9-14-32-24(29)21-17(4)25(13-6-2)16(3)20(23(27)28)22(21)18-11-10-12-19(15-18)26(30)31/h5,7-12,15,22H,6,13-14H2,1-4H3,(H,27,28). The molecule has 0 saturated heterocycles. The Bertz CT molecular complexity index is 1020. The summed E-state index contributed by atoms with van der Waals surface area (Å²) in [6.45, 7) is 7.79. The lowest BCUT2D eigenvalue weighted by molar-refractivity contribution is -0.384. The van der Waals surface area contributed by atoms with Crippen LogP contribution in [0.3, 0.4) is 0 Å². The highest BCUT2D eigenvalue weighted by molar-refractivity contribution is 5.99. The molecule has 170 valence electrons. The molecule has 1 aliphatic heterocycles. The van der Waals surface area contributed by atoms with Crippen LogP contribution in [0, 0.1) is 10.1 Å². The molecule has 0 aliphatic carbocycles. The SMILES string of the molecule is CC=CC=CCOC(=O)C1=C(C)N(CCC)C(C)=C(C(=O)O)C1c1cccc([N+](=O)[O-])c1. The number of carboxylic acid groups (broad SMARTS) is 1. The summed E-state index contributed by atoms with van der Waals surface area (Å²) in [7, 11) is 0. The van der Waals surface area contributed by atoms with Gasteiger partial charge in [-0.3, -0.25) is 10.1 Å². The molecule has 1 unspecified atom stereocenters. The minimum absolute atomic E-state index is 0.000886. The Balaban J connectivity index is 2.64. The molecule has 0 spiro atoms. The number of allylic oxidation sites excluding steroid dienone is 5. The van der Waals surface area contributed by atoms with Crippen LogP contribution in [-0.4, -0.2) is 40.0 Å². The van der Waals surface area contributed by atoms with Crippen molar-refractivity contribution < 1.29 is 24.4 Å². The molecule has 0 saturated carbocycles. The van der Waals surface area contributed by atoms with Gasteiger partial charge in [0, 0.05) is 30.1 Å². The molecule has 1 N–H and O–H groups in total. The summed E-state index contributed by atoms with van der Waals surface area (Å²) < 4.78 is 5.42. The number of ether oxygens (including phenoxy) is 1. The fraction of sp³-hybridized carbons (Fsp3) is 0.333. The molecule has 0 radical (unpaired) electrons. The number of nitro benzene ring substituents is 1. The van der Waals surface area contributed by atoms with Crippen molar-refractivity contribution >= 4 is 17.6 Å². The molecule has 1 aromatic rings. The number of esters is 1. The Labute approximate surface area is 187 Å². The number of non-ortho nitro benzene ring substituents is 1. The van der Waals surface area contributed by atoms with Crippen LogP contribution in [0.25, 0.3) is 0 Å². The van der Waals surface area contributed by atoms with Crippen LogP contribution in [0.15, 0.2) is 71.1 Å².